The fourth-order valence-electron chi connectivity index (χ4n) is 3.36. The van der Waals surface area contributed by atoms with Gasteiger partial charge in [-0.2, -0.15) is 0 Å². The maximum atomic E-state index is 12.9. The van der Waals surface area contributed by atoms with Crippen molar-refractivity contribution in [3.8, 4) is 0 Å². The Morgan fingerprint density at radius 2 is 1.67 bits per heavy atom. The van der Waals surface area contributed by atoms with Gasteiger partial charge in [0, 0.05) is 17.7 Å². The first kappa shape index (κ1) is 21.2. The van der Waals surface area contributed by atoms with Gasteiger partial charge in [-0.25, -0.2) is 4.79 Å². The molecule has 1 atom stereocenters. The third-order valence-electron chi connectivity index (χ3n) is 5.01. The molecular weight excluding hydrogens is 382 g/mol. The van der Waals surface area contributed by atoms with E-state index in [2.05, 4.69) is 10.6 Å². The van der Waals surface area contributed by atoms with Crippen LogP contribution in [0.4, 0.5) is 10.5 Å². The van der Waals surface area contributed by atoms with Crippen LogP contribution in [0.1, 0.15) is 43.1 Å². The van der Waals surface area contributed by atoms with Crippen molar-refractivity contribution in [2.24, 2.45) is 5.92 Å². The molecular formula is C23H25N3O4. The Kier molecular flexibility index (Phi) is 6.01. The van der Waals surface area contributed by atoms with E-state index in [0.29, 0.717) is 23.2 Å². The molecule has 0 bridgehead atoms. The van der Waals surface area contributed by atoms with Crippen LogP contribution in [0, 0.1) is 5.92 Å². The van der Waals surface area contributed by atoms with E-state index in [1.54, 1.807) is 55.5 Å². The molecule has 156 valence electrons. The van der Waals surface area contributed by atoms with Gasteiger partial charge in [0.15, 0.2) is 5.78 Å². The average Bonchev–Trinajstić information content (AvgIpc) is 2.92. The lowest BCUT2D eigenvalue weighted by Gasteiger charge is -2.22. The smallest absolute Gasteiger partial charge is 0.325 e. The topological polar surface area (TPSA) is 95.6 Å². The third-order valence-corrected chi connectivity index (χ3v) is 5.01. The fourth-order valence-corrected chi connectivity index (χ4v) is 3.36. The lowest BCUT2D eigenvalue weighted by Crippen LogP contribution is -2.41. The van der Waals surface area contributed by atoms with Crippen LogP contribution in [0.25, 0.3) is 0 Å². The van der Waals surface area contributed by atoms with Gasteiger partial charge in [-0.1, -0.05) is 44.2 Å². The molecule has 0 aromatic heterocycles. The molecule has 7 heteroatoms. The quantitative estimate of drug-likeness (QED) is 0.544. The zero-order valence-electron chi connectivity index (χ0n) is 17.3. The lowest BCUT2D eigenvalue weighted by atomic mass is 9.92. The molecule has 1 heterocycles. The summed E-state index contributed by atoms with van der Waals surface area (Å²) in [4.78, 5) is 50.8. The van der Waals surface area contributed by atoms with Crippen molar-refractivity contribution in [3.05, 3.63) is 65.7 Å². The van der Waals surface area contributed by atoms with Gasteiger partial charge in [0.25, 0.3) is 5.91 Å². The number of imide groups is 1. The number of nitrogens with zero attached hydrogens (tertiary/aromatic N) is 1. The predicted octanol–water partition coefficient (Wildman–Crippen LogP) is 3.32. The highest BCUT2D eigenvalue weighted by Gasteiger charge is 2.49. The summed E-state index contributed by atoms with van der Waals surface area (Å²) in [7, 11) is 0. The van der Waals surface area contributed by atoms with Gasteiger partial charge in [0.2, 0.25) is 5.91 Å². The molecule has 2 N–H and O–H groups in total. The highest BCUT2D eigenvalue weighted by Crippen LogP contribution is 2.28. The number of hydrogen-bond acceptors (Lipinski definition) is 4. The first-order chi connectivity index (χ1) is 14.2. The summed E-state index contributed by atoms with van der Waals surface area (Å²) in [6.07, 6.45) is 0.410. The maximum Gasteiger partial charge on any atom is 0.325 e. The Bertz CT molecular complexity index is 970. The molecule has 30 heavy (non-hydrogen) atoms. The molecule has 1 aliphatic rings. The fraction of sp³-hybridized carbons (Fsp3) is 0.304. The summed E-state index contributed by atoms with van der Waals surface area (Å²) in [6, 6.07) is 14.7. The van der Waals surface area contributed by atoms with E-state index >= 15 is 0 Å². The summed E-state index contributed by atoms with van der Waals surface area (Å²) in [6.45, 7) is 5.19. The number of benzene rings is 2. The van der Waals surface area contributed by atoms with Crippen LogP contribution < -0.4 is 10.6 Å². The van der Waals surface area contributed by atoms with E-state index in [4.69, 9.17) is 0 Å². The summed E-state index contributed by atoms with van der Waals surface area (Å²) >= 11 is 0. The van der Waals surface area contributed by atoms with Gasteiger partial charge < -0.3 is 10.6 Å². The lowest BCUT2D eigenvalue weighted by molar-refractivity contribution is -0.130. The number of ketones is 1. The molecule has 0 unspecified atom stereocenters. The van der Waals surface area contributed by atoms with E-state index < -0.39 is 17.5 Å². The minimum Gasteiger partial charge on any atom is -0.326 e. The monoisotopic (exact) mass is 407 g/mol. The van der Waals surface area contributed by atoms with Crippen LogP contribution in [0.5, 0.6) is 0 Å². The second-order valence-corrected chi connectivity index (χ2v) is 7.96. The number of carbonyl (C=O) groups excluding carboxylic acids is 4. The van der Waals surface area contributed by atoms with Crippen molar-refractivity contribution in [1.29, 1.82) is 0 Å². The summed E-state index contributed by atoms with van der Waals surface area (Å²) in [5.41, 5.74) is 0.387. The SMILES string of the molecule is CC(C)CC(=O)Nc1ccc(C(=O)CN2C(=O)N[C@@](C)(c3ccccc3)C2=O)cc1. The zero-order chi connectivity index (χ0) is 21.9. The van der Waals surface area contributed by atoms with Gasteiger partial charge in [0.1, 0.15) is 5.54 Å². The first-order valence-electron chi connectivity index (χ1n) is 9.83. The molecule has 1 fully saturated rings. The van der Waals surface area contributed by atoms with Gasteiger partial charge >= 0.3 is 6.03 Å². The number of Topliss-reactive ketones (excluding diaryl/α,β-unsaturated/α-hetero) is 1. The third kappa shape index (κ3) is 4.40. The second-order valence-electron chi connectivity index (χ2n) is 7.96. The number of amides is 4. The molecule has 0 spiro atoms. The van der Waals surface area contributed by atoms with Crippen molar-refractivity contribution in [2.75, 3.05) is 11.9 Å². The highest BCUT2D eigenvalue weighted by atomic mass is 16.2. The van der Waals surface area contributed by atoms with Crippen LogP contribution in [-0.4, -0.2) is 35.1 Å². The minimum absolute atomic E-state index is 0.0939. The highest BCUT2D eigenvalue weighted by molar-refractivity contribution is 6.11. The number of rotatable bonds is 7. The van der Waals surface area contributed by atoms with E-state index in [9.17, 15) is 19.2 Å². The molecule has 2 aromatic carbocycles. The minimum atomic E-state index is -1.21. The van der Waals surface area contributed by atoms with Crippen LogP contribution in [0.15, 0.2) is 54.6 Å². The van der Waals surface area contributed by atoms with Crippen LogP contribution >= 0.6 is 0 Å². The Labute approximate surface area is 175 Å². The molecule has 0 saturated carbocycles. The molecule has 4 amide bonds. The van der Waals surface area contributed by atoms with E-state index in [-0.39, 0.29) is 24.2 Å². The Hall–Kier alpha value is -3.48. The van der Waals surface area contributed by atoms with Crippen molar-refractivity contribution >= 4 is 29.3 Å². The largest absolute Gasteiger partial charge is 0.326 e. The zero-order valence-corrected chi connectivity index (χ0v) is 17.3. The Morgan fingerprint density at radius 1 is 1.03 bits per heavy atom. The van der Waals surface area contributed by atoms with Crippen molar-refractivity contribution in [2.45, 2.75) is 32.7 Å². The summed E-state index contributed by atoms with van der Waals surface area (Å²) < 4.78 is 0. The van der Waals surface area contributed by atoms with Gasteiger partial charge in [-0.05, 0) is 42.7 Å². The van der Waals surface area contributed by atoms with Gasteiger partial charge in [0.05, 0.1) is 6.54 Å². The number of carbonyl (C=O) groups is 4. The van der Waals surface area contributed by atoms with E-state index in [0.717, 1.165) is 4.90 Å². The first-order valence-corrected chi connectivity index (χ1v) is 9.83. The predicted molar refractivity (Wildman–Crippen MR) is 113 cm³/mol. The normalized spacial score (nSPS) is 18.5. The van der Waals surface area contributed by atoms with Crippen molar-refractivity contribution in [3.63, 3.8) is 0 Å². The molecule has 1 saturated heterocycles. The van der Waals surface area contributed by atoms with E-state index in [1.807, 2.05) is 19.9 Å². The van der Waals surface area contributed by atoms with Gasteiger partial charge in [-0.3, -0.25) is 19.3 Å². The Balaban J connectivity index is 1.68. The van der Waals surface area contributed by atoms with Crippen molar-refractivity contribution < 1.29 is 19.2 Å². The standard InChI is InChI=1S/C23H25N3O4/c1-15(2)13-20(28)24-18-11-9-16(10-12-18)19(27)14-26-21(29)23(3,25-22(26)30)17-7-5-4-6-8-17/h4-12,15H,13-14H2,1-3H3,(H,24,28)(H,25,30)/t23-/m0/s1. The molecule has 2 aromatic rings. The molecule has 0 aliphatic carbocycles. The van der Waals surface area contributed by atoms with Crippen molar-refractivity contribution in [1.82, 2.24) is 10.2 Å². The number of hydrogen-bond donors (Lipinski definition) is 2. The molecule has 7 nitrogen and oxygen atoms in total. The van der Waals surface area contributed by atoms with E-state index in [1.165, 1.54) is 0 Å². The number of anilines is 1. The molecule has 3 rings (SSSR count). The number of nitrogens with one attached hydrogen (secondary N) is 2. The molecule has 1 aliphatic heterocycles. The Morgan fingerprint density at radius 3 is 2.27 bits per heavy atom. The van der Waals surface area contributed by atoms with Crippen LogP contribution in [0.3, 0.4) is 0 Å². The second kappa shape index (κ2) is 8.49. The summed E-state index contributed by atoms with van der Waals surface area (Å²) in [5, 5.41) is 5.46. The van der Waals surface area contributed by atoms with Gasteiger partial charge in [-0.15, -0.1) is 0 Å². The summed E-state index contributed by atoms with van der Waals surface area (Å²) in [5.74, 6) is -0.680. The number of urea groups is 1. The van der Waals surface area contributed by atoms with Crippen LogP contribution in [0.2, 0.25) is 0 Å². The molecule has 0 radical (unpaired) electrons. The maximum absolute atomic E-state index is 12.9. The van der Waals surface area contributed by atoms with Crippen LogP contribution in [-0.2, 0) is 15.1 Å². The average molecular weight is 407 g/mol.